The number of nitrogens with zero attached hydrogens (tertiary/aromatic N) is 2. The van der Waals surface area contributed by atoms with E-state index in [9.17, 15) is 9.59 Å². The molecule has 1 fully saturated rings. The highest BCUT2D eigenvalue weighted by atomic mass is 79.9. The van der Waals surface area contributed by atoms with Gasteiger partial charge in [0.2, 0.25) is 0 Å². The summed E-state index contributed by atoms with van der Waals surface area (Å²) in [5, 5.41) is 0.531. The van der Waals surface area contributed by atoms with Crippen molar-refractivity contribution in [3.8, 4) is 11.5 Å². The first kappa shape index (κ1) is 21.9. The maximum atomic E-state index is 12.7. The Bertz CT molecular complexity index is 1050. The summed E-state index contributed by atoms with van der Waals surface area (Å²) in [4.78, 5) is 30.8. The van der Waals surface area contributed by atoms with Gasteiger partial charge in [-0.3, -0.25) is 9.69 Å². The van der Waals surface area contributed by atoms with Crippen LogP contribution >= 0.6 is 27.7 Å². The molecule has 0 radical (unpaired) electrons. The zero-order valence-electron chi connectivity index (χ0n) is 16.8. The van der Waals surface area contributed by atoms with E-state index < -0.39 is 5.97 Å². The van der Waals surface area contributed by atoms with Crippen molar-refractivity contribution in [3.63, 3.8) is 0 Å². The number of carbonyl (C=O) groups is 2. The fourth-order valence-corrected chi connectivity index (χ4v) is 4.19. The van der Waals surface area contributed by atoms with E-state index in [1.807, 2.05) is 6.07 Å². The quantitative estimate of drug-likeness (QED) is 0.453. The molecule has 2 aromatic rings. The summed E-state index contributed by atoms with van der Waals surface area (Å²) < 4.78 is 16.2. The van der Waals surface area contributed by atoms with Crippen LogP contribution in [0, 0.1) is 0 Å². The number of carbonyl (C=O) groups excluding carboxylic acids is 2. The van der Waals surface area contributed by atoms with Crippen molar-refractivity contribution < 1.29 is 23.8 Å². The van der Waals surface area contributed by atoms with Gasteiger partial charge in [0.15, 0.2) is 5.17 Å². The van der Waals surface area contributed by atoms with Gasteiger partial charge >= 0.3 is 5.97 Å². The maximum Gasteiger partial charge on any atom is 0.337 e. The van der Waals surface area contributed by atoms with E-state index in [1.165, 1.54) is 23.8 Å². The van der Waals surface area contributed by atoms with Crippen LogP contribution in [0.15, 0.2) is 50.8 Å². The van der Waals surface area contributed by atoms with Crippen LogP contribution in [0.2, 0.25) is 0 Å². The van der Waals surface area contributed by atoms with Gasteiger partial charge in [-0.15, -0.1) is 0 Å². The number of thioether (sulfide) groups is 1. The van der Waals surface area contributed by atoms with Gasteiger partial charge in [-0.1, -0.05) is 0 Å². The maximum absolute atomic E-state index is 12.7. The monoisotopic (exact) mass is 490 g/mol. The number of esters is 1. The summed E-state index contributed by atoms with van der Waals surface area (Å²) >= 11 is 4.72. The number of hydrogen-bond acceptors (Lipinski definition) is 7. The Morgan fingerprint density at radius 3 is 2.37 bits per heavy atom. The molecule has 1 heterocycles. The number of halogens is 1. The molecule has 9 heteroatoms. The zero-order valence-corrected chi connectivity index (χ0v) is 19.2. The average molecular weight is 491 g/mol. The van der Waals surface area contributed by atoms with Crippen LogP contribution in [0.4, 0.5) is 5.69 Å². The Labute approximate surface area is 186 Å². The first-order valence-electron chi connectivity index (χ1n) is 8.74. The molecule has 1 aliphatic heterocycles. The van der Waals surface area contributed by atoms with Gasteiger partial charge in [-0.25, -0.2) is 9.79 Å². The largest absolute Gasteiger partial charge is 0.496 e. The smallest absolute Gasteiger partial charge is 0.337 e. The summed E-state index contributed by atoms with van der Waals surface area (Å²) in [5.41, 5.74) is 1.79. The van der Waals surface area contributed by atoms with Crippen molar-refractivity contribution in [1.29, 1.82) is 0 Å². The predicted molar refractivity (Wildman–Crippen MR) is 120 cm³/mol. The van der Waals surface area contributed by atoms with Crippen LogP contribution in [0.1, 0.15) is 15.9 Å². The fourth-order valence-electron chi connectivity index (χ4n) is 2.69. The Balaban J connectivity index is 1.90. The van der Waals surface area contributed by atoms with Crippen molar-refractivity contribution >= 4 is 56.5 Å². The SMILES string of the molecule is COC(=O)c1ccc(N=C2S/C(=C/c3cc(Br)c(OC)cc3OC)C(=O)N2C)cc1. The molecule has 30 heavy (non-hydrogen) atoms. The van der Waals surface area contributed by atoms with Gasteiger partial charge in [0.05, 0.1) is 42.0 Å². The van der Waals surface area contributed by atoms with E-state index in [1.54, 1.807) is 57.7 Å². The van der Waals surface area contributed by atoms with Crippen LogP contribution < -0.4 is 9.47 Å². The number of hydrogen-bond donors (Lipinski definition) is 0. The first-order chi connectivity index (χ1) is 14.4. The van der Waals surface area contributed by atoms with Gasteiger partial charge in [0, 0.05) is 18.7 Å². The summed E-state index contributed by atoms with van der Waals surface area (Å²) in [6.45, 7) is 0. The standard InChI is InChI=1S/C21H19BrN2O5S/c1-24-19(25)18(10-13-9-15(22)17(28-3)11-16(13)27-2)30-21(24)23-14-7-5-12(6-8-14)20(26)29-4/h5-11H,1-4H3/b18-10+,23-21?. The number of amidine groups is 1. The molecular weight excluding hydrogens is 472 g/mol. The molecular formula is C21H19BrN2O5S. The van der Waals surface area contributed by atoms with Crippen LogP contribution in [0.5, 0.6) is 11.5 Å². The molecule has 3 rings (SSSR count). The Hall–Kier alpha value is -2.78. The third kappa shape index (κ3) is 4.52. The topological polar surface area (TPSA) is 77.4 Å². The van der Waals surface area contributed by atoms with E-state index in [-0.39, 0.29) is 5.91 Å². The van der Waals surface area contributed by atoms with Gasteiger partial charge in [-0.05, 0) is 64.1 Å². The molecule has 0 bridgehead atoms. The predicted octanol–water partition coefficient (Wildman–Crippen LogP) is 4.49. The number of methoxy groups -OCH3 is 3. The summed E-state index contributed by atoms with van der Waals surface area (Å²) in [7, 11) is 6.13. The highest BCUT2D eigenvalue weighted by molar-refractivity contribution is 9.10. The number of aliphatic imine (C=N–C) groups is 1. The van der Waals surface area contributed by atoms with Crippen LogP contribution in [-0.2, 0) is 9.53 Å². The third-order valence-electron chi connectivity index (χ3n) is 4.31. The van der Waals surface area contributed by atoms with E-state index in [2.05, 4.69) is 20.9 Å². The molecule has 7 nitrogen and oxygen atoms in total. The number of ether oxygens (including phenoxy) is 3. The fraction of sp³-hybridized carbons (Fsp3) is 0.190. The van der Waals surface area contributed by atoms with Crippen molar-refractivity contribution in [2.45, 2.75) is 0 Å². The molecule has 0 atom stereocenters. The lowest BCUT2D eigenvalue weighted by Gasteiger charge is -2.10. The van der Waals surface area contributed by atoms with E-state index in [4.69, 9.17) is 14.2 Å². The average Bonchev–Trinajstić information content (AvgIpc) is 3.01. The molecule has 0 unspecified atom stereocenters. The Morgan fingerprint density at radius 2 is 1.77 bits per heavy atom. The normalized spacial score (nSPS) is 16.3. The van der Waals surface area contributed by atoms with Crippen molar-refractivity contribution in [1.82, 2.24) is 4.90 Å². The molecule has 0 saturated carbocycles. The van der Waals surface area contributed by atoms with E-state index in [0.29, 0.717) is 32.8 Å². The van der Waals surface area contributed by atoms with Gasteiger partial charge in [0.25, 0.3) is 5.91 Å². The minimum atomic E-state index is -0.415. The molecule has 1 saturated heterocycles. The van der Waals surface area contributed by atoms with Crippen LogP contribution in [0.25, 0.3) is 6.08 Å². The van der Waals surface area contributed by atoms with Crippen molar-refractivity contribution in [3.05, 3.63) is 56.9 Å². The second-order valence-corrected chi connectivity index (χ2v) is 8.00. The highest BCUT2D eigenvalue weighted by Crippen LogP contribution is 2.38. The Kier molecular flexibility index (Phi) is 6.84. The lowest BCUT2D eigenvalue weighted by molar-refractivity contribution is -0.121. The first-order valence-corrected chi connectivity index (χ1v) is 10.3. The molecule has 0 N–H and O–H groups in total. The van der Waals surface area contributed by atoms with E-state index >= 15 is 0 Å². The number of benzene rings is 2. The van der Waals surface area contributed by atoms with E-state index in [0.717, 1.165) is 10.0 Å². The number of likely N-dealkylation sites (N-methyl/N-ethyl adjacent to an activating group) is 1. The highest BCUT2D eigenvalue weighted by Gasteiger charge is 2.30. The summed E-state index contributed by atoms with van der Waals surface area (Å²) in [5.74, 6) is 0.636. The third-order valence-corrected chi connectivity index (χ3v) is 5.99. The lowest BCUT2D eigenvalue weighted by Crippen LogP contribution is -2.23. The van der Waals surface area contributed by atoms with Gasteiger partial charge in [0.1, 0.15) is 11.5 Å². The zero-order chi connectivity index (χ0) is 21.8. The second-order valence-electron chi connectivity index (χ2n) is 6.14. The molecule has 0 aliphatic carbocycles. The van der Waals surface area contributed by atoms with Gasteiger partial charge < -0.3 is 14.2 Å². The minimum Gasteiger partial charge on any atom is -0.496 e. The molecule has 0 aromatic heterocycles. The molecule has 0 spiro atoms. The summed E-state index contributed by atoms with van der Waals surface area (Å²) in [6, 6.07) is 10.2. The van der Waals surface area contributed by atoms with Crippen LogP contribution in [-0.4, -0.2) is 50.3 Å². The van der Waals surface area contributed by atoms with Crippen molar-refractivity contribution in [2.24, 2.45) is 4.99 Å². The lowest BCUT2D eigenvalue weighted by atomic mass is 10.1. The van der Waals surface area contributed by atoms with Crippen LogP contribution in [0.3, 0.4) is 0 Å². The van der Waals surface area contributed by atoms with Gasteiger partial charge in [-0.2, -0.15) is 0 Å². The Morgan fingerprint density at radius 1 is 1.10 bits per heavy atom. The minimum absolute atomic E-state index is 0.168. The molecule has 1 aliphatic rings. The molecule has 2 aromatic carbocycles. The summed E-state index contributed by atoms with van der Waals surface area (Å²) in [6.07, 6.45) is 1.76. The molecule has 156 valence electrons. The number of amides is 1. The molecule has 1 amide bonds. The van der Waals surface area contributed by atoms with Crippen molar-refractivity contribution in [2.75, 3.05) is 28.4 Å². The number of rotatable bonds is 5. The second kappa shape index (κ2) is 9.36.